The summed E-state index contributed by atoms with van der Waals surface area (Å²) in [6.07, 6.45) is 8.59. The molecule has 3 rings (SSSR count). The highest BCUT2D eigenvalue weighted by molar-refractivity contribution is 7.92. The molecular weight excluding hydrogens is 350 g/mol. The minimum Gasteiger partial charge on any atom is -0.313 e. The number of benzene rings is 1. The van der Waals surface area contributed by atoms with E-state index in [0.29, 0.717) is 6.54 Å². The number of fused-ring (bicyclic) bond motifs is 2. The van der Waals surface area contributed by atoms with Gasteiger partial charge >= 0.3 is 6.03 Å². The van der Waals surface area contributed by atoms with Crippen molar-refractivity contribution in [1.29, 1.82) is 0 Å². The van der Waals surface area contributed by atoms with Crippen molar-refractivity contribution in [1.82, 2.24) is 10.0 Å². The first-order valence-electron chi connectivity index (χ1n) is 9.37. The summed E-state index contributed by atoms with van der Waals surface area (Å²) in [6, 6.07) is 1.59. The summed E-state index contributed by atoms with van der Waals surface area (Å²) >= 11 is 0. The van der Waals surface area contributed by atoms with E-state index in [1.54, 1.807) is 0 Å². The number of amides is 2. The molecule has 0 unspecified atom stereocenters. The quantitative estimate of drug-likeness (QED) is 0.638. The van der Waals surface area contributed by atoms with Gasteiger partial charge in [-0.25, -0.2) is 17.9 Å². The zero-order valence-electron chi connectivity index (χ0n) is 15.2. The van der Waals surface area contributed by atoms with Gasteiger partial charge in [-0.15, -0.1) is 0 Å². The Balaban J connectivity index is 1.67. The van der Waals surface area contributed by atoms with Gasteiger partial charge in [0.15, 0.2) is 0 Å². The van der Waals surface area contributed by atoms with Gasteiger partial charge in [-0.1, -0.05) is 19.1 Å². The number of carbonyl (C=O) groups is 1. The lowest BCUT2D eigenvalue weighted by Crippen LogP contribution is -2.33. The zero-order valence-corrected chi connectivity index (χ0v) is 16.0. The molecule has 0 heterocycles. The smallest absolute Gasteiger partial charge is 0.313 e. The number of hydrogen-bond donors (Lipinski definition) is 3. The van der Waals surface area contributed by atoms with Crippen molar-refractivity contribution in [3.8, 4) is 0 Å². The fraction of sp³-hybridized carbons (Fsp3) is 0.526. The van der Waals surface area contributed by atoms with Crippen LogP contribution in [0.25, 0.3) is 0 Å². The highest BCUT2D eigenvalue weighted by Crippen LogP contribution is 2.38. The lowest BCUT2D eigenvalue weighted by Gasteiger charge is -2.16. The molecule has 2 aliphatic rings. The van der Waals surface area contributed by atoms with Crippen molar-refractivity contribution < 1.29 is 13.2 Å². The Bertz CT molecular complexity index is 784. The fourth-order valence-electron chi connectivity index (χ4n) is 3.81. The number of nitrogens with one attached hydrogen (secondary N) is 3. The normalized spacial score (nSPS) is 15.9. The molecule has 7 heteroatoms. The van der Waals surface area contributed by atoms with Crippen molar-refractivity contribution in [2.24, 2.45) is 0 Å². The van der Waals surface area contributed by atoms with Crippen molar-refractivity contribution in [2.45, 2.75) is 51.9 Å². The van der Waals surface area contributed by atoms with E-state index in [-0.39, 0.29) is 0 Å². The highest BCUT2D eigenvalue weighted by atomic mass is 32.2. The van der Waals surface area contributed by atoms with Gasteiger partial charge < -0.3 is 10.6 Å². The van der Waals surface area contributed by atoms with E-state index in [2.05, 4.69) is 21.4 Å². The van der Waals surface area contributed by atoms with Crippen LogP contribution in [0.2, 0.25) is 0 Å². The van der Waals surface area contributed by atoms with Crippen LogP contribution in [-0.2, 0) is 35.7 Å². The number of aryl methyl sites for hydroxylation is 2. The first-order chi connectivity index (χ1) is 12.5. The SMILES string of the molecule is CCCNC/C=C/S(=O)(=O)NC(=O)Nc1c2c(cc3c1CCC3)CCC2. The number of carbonyl (C=O) groups excluding carboxylic acids is 1. The van der Waals surface area contributed by atoms with Crippen LogP contribution in [0.15, 0.2) is 17.6 Å². The Morgan fingerprint density at radius 2 is 1.77 bits per heavy atom. The van der Waals surface area contributed by atoms with E-state index < -0.39 is 16.1 Å². The summed E-state index contributed by atoms with van der Waals surface area (Å²) in [5, 5.41) is 6.95. The number of sulfonamides is 1. The van der Waals surface area contributed by atoms with Crippen molar-refractivity contribution in [3.63, 3.8) is 0 Å². The molecule has 0 fully saturated rings. The Morgan fingerprint density at radius 3 is 2.38 bits per heavy atom. The highest BCUT2D eigenvalue weighted by Gasteiger charge is 2.25. The second-order valence-electron chi connectivity index (χ2n) is 6.91. The molecule has 1 aromatic rings. The molecule has 0 bridgehead atoms. The van der Waals surface area contributed by atoms with E-state index in [1.807, 2.05) is 6.92 Å². The lowest BCUT2D eigenvalue weighted by molar-refractivity contribution is 0.256. The van der Waals surface area contributed by atoms with Crippen molar-refractivity contribution >= 4 is 21.7 Å². The minimum atomic E-state index is -3.80. The van der Waals surface area contributed by atoms with Crippen LogP contribution >= 0.6 is 0 Å². The van der Waals surface area contributed by atoms with E-state index in [0.717, 1.165) is 62.6 Å². The molecule has 142 valence electrons. The Morgan fingerprint density at radius 1 is 1.12 bits per heavy atom. The average Bonchev–Trinajstić information content (AvgIpc) is 3.22. The molecule has 0 aliphatic heterocycles. The number of anilines is 1. The van der Waals surface area contributed by atoms with Crippen LogP contribution in [0, 0.1) is 0 Å². The van der Waals surface area contributed by atoms with Crippen LogP contribution in [0.4, 0.5) is 10.5 Å². The van der Waals surface area contributed by atoms with E-state index in [9.17, 15) is 13.2 Å². The molecule has 0 saturated heterocycles. The summed E-state index contributed by atoms with van der Waals surface area (Å²) < 4.78 is 26.2. The number of hydrogen-bond acceptors (Lipinski definition) is 4. The van der Waals surface area contributed by atoms with Gasteiger partial charge in [-0.2, -0.15) is 0 Å². The van der Waals surface area contributed by atoms with Gasteiger partial charge in [0.05, 0.1) is 0 Å². The topological polar surface area (TPSA) is 87.3 Å². The molecule has 0 aromatic heterocycles. The van der Waals surface area contributed by atoms with Crippen molar-refractivity contribution in [2.75, 3.05) is 18.4 Å². The van der Waals surface area contributed by atoms with Gasteiger partial charge in [0.25, 0.3) is 10.0 Å². The first kappa shape index (κ1) is 18.9. The van der Waals surface area contributed by atoms with Gasteiger partial charge in [-0.05, 0) is 73.7 Å². The predicted octanol–water partition coefficient (Wildman–Crippen LogP) is 2.63. The van der Waals surface area contributed by atoms with Gasteiger partial charge in [0, 0.05) is 17.6 Å². The molecule has 0 saturated carbocycles. The van der Waals surface area contributed by atoms with Gasteiger partial charge in [0.1, 0.15) is 0 Å². The second kappa shape index (κ2) is 8.22. The molecule has 0 radical (unpaired) electrons. The molecule has 0 spiro atoms. The Kier molecular flexibility index (Phi) is 5.98. The molecule has 0 atom stereocenters. The van der Waals surface area contributed by atoms with E-state index in [4.69, 9.17) is 0 Å². The summed E-state index contributed by atoms with van der Waals surface area (Å²) in [4.78, 5) is 12.3. The molecule has 2 aliphatic carbocycles. The maximum Gasteiger partial charge on any atom is 0.333 e. The molecule has 3 N–H and O–H groups in total. The Hall–Kier alpha value is -1.86. The maximum absolute atomic E-state index is 12.3. The summed E-state index contributed by atoms with van der Waals surface area (Å²) in [6.45, 7) is 3.31. The number of urea groups is 1. The van der Waals surface area contributed by atoms with Crippen LogP contribution < -0.4 is 15.4 Å². The molecular formula is C19H27N3O3S. The zero-order chi connectivity index (χ0) is 18.6. The molecule has 6 nitrogen and oxygen atoms in total. The predicted molar refractivity (Wildman–Crippen MR) is 104 cm³/mol. The van der Waals surface area contributed by atoms with Crippen LogP contribution in [0.3, 0.4) is 0 Å². The van der Waals surface area contributed by atoms with Gasteiger partial charge in [-0.3, -0.25) is 0 Å². The standard InChI is InChI=1S/C19H27N3O3S/c1-2-10-20-11-5-12-26(24,25)22-19(23)21-18-16-8-3-6-14(16)13-15-7-4-9-17(15)18/h5,12-13,20H,2-4,6-11H2,1H3,(H2,21,22,23)/b12-5+. The number of rotatable bonds is 7. The third kappa shape index (κ3) is 4.45. The molecule has 1 aromatic carbocycles. The maximum atomic E-state index is 12.3. The third-order valence-corrected chi connectivity index (χ3v) is 5.93. The monoisotopic (exact) mass is 377 g/mol. The fourth-order valence-corrected chi connectivity index (χ4v) is 4.53. The van der Waals surface area contributed by atoms with Gasteiger partial charge in [0.2, 0.25) is 0 Å². The largest absolute Gasteiger partial charge is 0.333 e. The van der Waals surface area contributed by atoms with Crippen molar-refractivity contribution in [3.05, 3.63) is 39.8 Å². The minimum absolute atomic E-state index is 0.454. The summed E-state index contributed by atoms with van der Waals surface area (Å²) in [5.41, 5.74) is 5.79. The molecule has 26 heavy (non-hydrogen) atoms. The van der Waals surface area contributed by atoms with E-state index >= 15 is 0 Å². The lowest BCUT2D eigenvalue weighted by atomic mass is 9.99. The first-order valence-corrected chi connectivity index (χ1v) is 10.9. The average molecular weight is 378 g/mol. The summed E-state index contributed by atoms with van der Waals surface area (Å²) in [7, 11) is -3.80. The van der Waals surface area contributed by atoms with Crippen LogP contribution in [0.5, 0.6) is 0 Å². The molecule has 2 amide bonds. The Labute approximate surface area is 155 Å². The third-order valence-electron chi connectivity index (χ3n) is 4.91. The van der Waals surface area contributed by atoms with E-state index in [1.165, 1.54) is 28.3 Å². The summed E-state index contributed by atoms with van der Waals surface area (Å²) in [5.74, 6) is 0. The van der Waals surface area contributed by atoms with Crippen LogP contribution in [0.1, 0.15) is 48.4 Å². The second-order valence-corrected chi connectivity index (χ2v) is 8.48. The van der Waals surface area contributed by atoms with Crippen LogP contribution in [-0.4, -0.2) is 27.5 Å².